The predicted octanol–water partition coefficient (Wildman–Crippen LogP) is 4.23. The predicted molar refractivity (Wildman–Crippen MR) is 81.2 cm³/mol. The summed E-state index contributed by atoms with van der Waals surface area (Å²) in [6, 6.07) is 6.13. The first-order valence-corrected chi connectivity index (χ1v) is 7.67. The first-order chi connectivity index (χ1) is 9.16. The van der Waals surface area contributed by atoms with Gasteiger partial charge in [-0.2, -0.15) is 0 Å². The highest BCUT2D eigenvalue weighted by atomic mass is 35.5. The molecule has 1 aliphatic heterocycles. The van der Waals surface area contributed by atoms with E-state index >= 15 is 0 Å². The van der Waals surface area contributed by atoms with Gasteiger partial charge in [-0.05, 0) is 61.9 Å². The minimum atomic E-state index is 0.501. The van der Waals surface area contributed by atoms with E-state index in [2.05, 4.69) is 25.2 Å². The molecule has 1 aromatic carbocycles. The molecule has 1 aromatic rings. The van der Waals surface area contributed by atoms with Crippen molar-refractivity contribution in [3.05, 3.63) is 28.8 Å². The summed E-state index contributed by atoms with van der Waals surface area (Å²) in [7, 11) is 0. The van der Waals surface area contributed by atoms with Gasteiger partial charge in [0.25, 0.3) is 0 Å². The molecular formula is C16H24ClNO. The van der Waals surface area contributed by atoms with Crippen molar-refractivity contribution in [3.8, 4) is 5.75 Å². The fourth-order valence-electron chi connectivity index (χ4n) is 2.50. The minimum absolute atomic E-state index is 0.501. The summed E-state index contributed by atoms with van der Waals surface area (Å²) in [5, 5.41) is 4.12. The topological polar surface area (TPSA) is 21.3 Å². The first kappa shape index (κ1) is 14.7. The van der Waals surface area contributed by atoms with Crippen LogP contribution in [-0.4, -0.2) is 19.7 Å². The van der Waals surface area contributed by atoms with Gasteiger partial charge >= 0.3 is 0 Å². The van der Waals surface area contributed by atoms with Gasteiger partial charge in [0.15, 0.2) is 0 Å². The Morgan fingerprint density at radius 3 is 2.68 bits per heavy atom. The molecule has 1 heterocycles. The van der Waals surface area contributed by atoms with Crippen LogP contribution >= 0.6 is 11.6 Å². The lowest BCUT2D eigenvalue weighted by atomic mass is 9.95. The van der Waals surface area contributed by atoms with Crippen LogP contribution in [-0.2, 0) is 0 Å². The van der Waals surface area contributed by atoms with Gasteiger partial charge in [0.1, 0.15) is 5.75 Å². The van der Waals surface area contributed by atoms with Gasteiger partial charge in [-0.3, -0.25) is 0 Å². The number of nitrogens with one attached hydrogen (secondary N) is 1. The maximum atomic E-state index is 6.26. The molecule has 0 aromatic heterocycles. The molecule has 0 bridgehead atoms. The molecule has 106 valence electrons. The molecule has 3 heteroatoms. The van der Waals surface area contributed by atoms with E-state index in [9.17, 15) is 0 Å². The summed E-state index contributed by atoms with van der Waals surface area (Å²) in [5.74, 6) is 2.12. The lowest BCUT2D eigenvalue weighted by molar-refractivity contribution is 0.252. The SMILES string of the molecule is CC(C)c1ccc(OCCC2CCNCC2)c(Cl)c1. The van der Waals surface area contributed by atoms with Gasteiger partial charge in [-0.15, -0.1) is 0 Å². The number of benzene rings is 1. The van der Waals surface area contributed by atoms with Crippen LogP contribution in [0.3, 0.4) is 0 Å². The molecule has 0 aliphatic carbocycles. The minimum Gasteiger partial charge on any atom is -0.492 e. The Morgan fingerprint density at radius 2 is 2.05 bits per heavy atom. The Bertz CT molecular complexity index is 400. The zero-order valence-corrected chi connectivity index (χ0v) is 12.7. The maximum Gasteiger partial charge on any atom is 0.137 e. The second-order valence-electron chi connectivity index (χ2n) is 5.68. The zero-order valence-electron chi connectivity index (χ0n) is 11.9. The van der Waals surface area contributed by atoms with Gasteiger partial charge in [-0.25, -0.2) is 0 Å². The molecule has 2 rings (SSSR count). The van der Waals surface area contributed by atoms with Crippen LogP contribution in [0.15, 0.2) is 18.2 Å². The van der Waals surface area contributed by atoms with Crippen molar-refractivity contribution in [1.82, 2.24) is 5.32 Å². The molecule has 1 saturated heterocycles. The van der Waals surface area contributed by atoms with Crippen LogP contribution in [0.2, 0.25) is 5.02 Å². The smallest absolute Gasteiger partial charge is 0.137 e. The summed E-state index contributed by atoms with van der Waals surface area (Å²) in [6.07, 6.45) is 3.66. The standard InChI is InChI=1S/C16H24ClNO/c1-12(2)14-3-4-16(15(17)11-14)19-10-7-13-5-8-18-9-6-13/h3-4,11-13,18H,5-10H2,1-2H3. The molecule has 0 atom stereocenters. The van der Waals surface area contributed by atoms with E-state index in [1.165, 1.54) is 18.4 Å². The molecule has 1 N–H and O–H groups in total. The van der Waals surface area contributed by atoms with E-state index < -0.39 is 0 Å². The van der Waals surface area contributed by atoms with Crippen molar-refractivity contribution in [2.45, 2.75) is 39.0 Å². The molecule has 0 saturated carbocycles. The van der Waals surface area contributed by atoms with E-state index in [-0.39, 0.29) is 0 Å². The highest BCUT2D eigenvalue weighted by molar-refractivity contribution is 6.32. The van der Waals surface area contributed by atoms with Crippen LogP contribution in [0, 0.1) is 5.92 Å². The van der Waals surface area contributed by atoms with Crippen LogP contribution < -0.4 is 10.1 Å². The molecule has 19 heavy (non-hydrogen) atoms. The van der Waals surface area contributed by atoms with Gasteiger partial charge in [-0.1, -0.05) is 31.5 Å². The van der Waals surface area contributed by atoms with Crippen LogP contribution in [0.5, 0.6) is 5.75 Å². The van der Waals surface area contributed by atoms with Crippen molar-refractivity contribution in [2.24, 2.45) is 5.92 Å². The number of hydrogen-bond donors (Lipinski definition) is 1. The Kier molecular flexibility index (Phi) is 5.53. The lowest BCUT2D eigenvalue weighted by Crippen LogP contribution is -2.28. The van der Waals surface area contributed by atoms with Crippen molar-refractivity contribution in [1.29, 1.82) is 0 Å². The summed E-state index contributed by atoms with van der Waals surface area (Å²) in [4.78, 5) is 0. The van der Waals surface area contributed by atoms with Gasteiger partial charge < -0.3 is 10.1 Å². The molecule has 1 fully saturated rings. The highest BCUT2D eigenvalue weighted by Crippen LogP contribution is 2.29. The average Bonchev–Trinajstić information content (AvgIpc) is 2.41. The van der Waals surface area contributed by atoms with Crippen LogP contribution in [0.4, 0.5) is 0 Å². The summed E-state index contributed by atoms with van der Waals surface area (Å²) >= 11 is 6.26. The molecule has 2 nitrogen and oxygen atoms in total. The van der Waals surface area contributed by atoms with Crippen LogP contribution in [0.25, 0.3) is 0 Å². The summed E-state index contributed by atoms with van der Waals surface area (Å²) in [6.45, 7) is 7.40. The number of rotatable bonds is 5. The monoisotopic (exact) mass is 281 g/mol. The molecule has 0 spiro atoms. The van der Waals surface area contributed by atoms with Crippen molar-refractivity contribution in [3.63, 3.8) is 0 Å². The molecule has 1 aliphatic rings. The fourth-order valence-corrected chi connectivity index (χ4v) is 2.74. The lowest BCUT2D eigenvalue weighted by Gasteiger charge is -2.22. The second kappa shape index (κ2) is 7.16. The largest absolute Gasteiger partial charge is 0.492 e. The van der Waals surface area contributed by atoms with Crippen molar-refractivity contribution >= 4 is 11.6 Å². The van der Waals surface area contributed by atoms with Gasteiger partial charge in [0, 0.05) is 0 Å². The Hall–Kier alpha value is -0.730. The van der Waals surface area contributed by atoms with E-state index in [4.69, 9.17) is 16.3 Å². The van der Waals surface area contributed by atoms with E-state index in [1.54, 1.807) is 0 Å². The van der Waals surface area contributed by atoms with E-state index in [0.29, 0.717) is 5.92 Å². The molecule has 0 radical (unpaired) electrons. The number of ether oxygens (including phenoxy) is 1. The highest BCUT2D eigenvalue weighted by Gasteiger charge is 2.13. The molecule has 0 amide bonds. The van der Waals surface area contributed by atoms with Crippen molar-refractivity contribution < 1.29 is 4.74 Å². The second-order valence-corrected chi connectivity index (χ2v) is 6.08. The molecule has 0 unspecified atom stereocenters. The molecular weight excluding hydrogens is 258 g/mol. The summed E-state index contributed by atoms with van der Waals surface area (Å²) in [5.41, 5.74) is 1.26. The van der Waals surface area contributed by atoms with E-state index in [1.807, 2.05) is 12.1 Å². The Balaban J connectivity index is 1.82. The maximum absolute atomic E-state index is 6.26. The normalized spacial score (nSPS) is 16.8. The average molecular weight is 282 g/mol. The van der Waals surface area contributed by atoms with Crippen molar-refractivity contribution in [2.75, 3.05) is 19.7 Å². The third kappa shape index (κ3) is 4.39. The quantitative estimate of drug-likeness (QED) is 0.872. The number of halogens is 1. The third-order valence-corrected chi connectivity index (χ3v) is 4.16. The summed E-state index contributed by atoms with van der Waals surface area (Å²) < 4.78 is 5.82. The van der Waals surface area contributed by atoms with E-state index in [0.717, 1.165) is 42.8 Å². The zero-order chi connectivity index (χ0) is 13.7. The van der Waals surface area contributed by atoms with Gasteiger partial charge in [0.05, 0.1) is 11.6 Å². The van der Waals surface area contributed by atoms with Crippen LogP contribution in [0.1, 0.15) is 44.6 Å². The fraction of sp³-hybridized carbons (Fsp3) is 0.625. The first-order valence-electron chi connectivity index (χ1n) is 7.30. The number of hydrogen-bond acceptors (Lipinski definition) is 2. The third-order valence-electron chi connectivity index (χ3n) is 3.86. The Labute approximate surface area is 121 Å². The number of piperidine rings is 1. The van der Waals surface area contributed by atoms with Gasteiger partial charge in [0.2, 0.25) is 0 Å². The Morgan fingerprint density at radius 1 is 1.32 bits per heavy atom.